The summed E-state index contributed by atoms with van der Waals surface area (Å²) in [5.74, 6) is -0.277. The number of rotatable bonds is 4. The molecule has 0 amide bonds. The van der Waals surface area contributed by atoms with Gasteiger partial charge in [0.1, 0.15) is 12.0 Å². The van der Waals surface area contributed by atoms with E-state index in [4.69, 9.17) is 0 Å². The molecular formula is C11H9F3O2. The SMILES string of the molecule is O=CC/C=C/c1cccc(OC(F)(F)F)c1. The van der Waals surface area contributed by atoms with Crippen LogP contribution in [0.2, 0.25) is 0 Å². The predicted molar refractivity (Wildman–Crippen MR) is 52.8 cm³/mol. The molecule has 0 spiro atoms. The zero-order valence-corrected chi connectivity index (χ0v) is 8.20. The Morgan fingerprint density at radius 3 is 2.69 bits per heavy atom. The summed E-state index contributed by atoms with van der Waals surface area (Å²) in [6.07, 6.45) is -0.653. The van der Waals surface area contributed by atoms with Crippen molar-refractivity contribution in [1.29, 1.82) is 0 Å². The van der Waals surface area contributed by atoms with Gasteiger partial charge < -0.3 is 9.53 Å². The topological polar surface area (TPSA) is 26.3 Å². The minimum absolute atomic E-state index is 0.227. The lowest BCUT2D eigenvalue weighted by atomic mass is 10.2. The maximum atomic E-state index is 11.9. The molecule has 0 saturated carbocycles. The zero-order chi connectivity index (χ0) is 12.0. The Balaban J connectivity index is 2.75. The average Bonchev–Trinajstić information content (AvgIpc) is 2.16. The molecule has 0 bridgehead atoms. The molecule has 0 aliphatic rings. The minimum atomic E-state index is -4.69. The molecule has 2 nitrogen and oxygen atoms in total. The van der Waals surface area contributed by atoms with E-state index >= 15 is 0 Å². The number of carbonyl (C=O) groups excluding carboxylic acids is 1. The highest BCUT2D eigenvalue weighted by atomic mass is 19.4. The van der Waals surface area contributed by atoms with E-state index in [-0.39, 0.29) is 12.2 Å². The maximum Gasteiger partial charge on any atom is 0.573 e. The van der Waals surface area contributed by atoms with E-state index in [9.17, 15) is 18.0 Å². The number of halogens is 3. The van der Waals surface area contributed by atoms with Crippen LogP contribution in [0, 0.1) is 0 Å². The van der Waals surface area contributed by atoms with E-state index in [0.717, 1.165) is 0 Å². The third-order valence-electron chi connectivity index (χ3n) is 1.63. The third-order valence-corrected chi connectivity index (χ3v) is 1.63. The molecular weight excluding hydrogens is 221 g/mol. The minimum Gasteiger partial charge on any atom is -0.406 e. The largest absolute Gasteiger partial charge is 0.573 e. The lowest BCUT2D eigenvalue weighted by Crippen LogP contribution is -2.17. The number of hydrogen-bond donors (Lipinski definition) is 0. The molecule has 0 heterocycles. The van der Waals surface area contributed by atoms with Crippen molar-refractivity contribution in [2.75, 3.05) is 0 Å². The smallest absolute Gasteiger partial charge is 0.406 e. The zero-order valence-electron chi connectivity index (χ0n) is 8.20. The molecule has 0 unspecified atom stereocenters. The Morgan fingerprint density at radius 2 is 2.06 bits per heavy atom. The van der Waals surface area contributed by atoms with Gasteiger partial charge in [-0.05, 0) is 17.7 Å². The highest BCUT2D eigenvalue weighted by Gasteiger charge is 2.30. The van der Waals surface area contributed by atoms with Crippen molar-refractivity contribution in [2.24, 2.45) is 0 Å². The Labute approximate surface area is 90.3 Å². The molecule has 0 N–H and O–H groups in total. The van der Waals surface area contributed by atoms with Crippen molar-refractivity contribution in [3.63, 3.8) is 0 Å². The molecule has 0 aliphatic heterocycles. The van der Waals surface area contributed by atoms with Gasteiger partial charge in [-0.2, -0.15) is 0 Å². The number of ether oxygens (including phenoxy) is 1. The molecule has 1 aromatic rings. The molecule has 5 heteroatoms. The van der Waals surface area contributed by atoms with E-state index in [1.54, 1.807) is 18.2 Å². The van der Waals surface area contributed by atoms with Crippen LogP contribution in [0.5, 0.6) is 5.75 Å². The van der Waals surface area contributed by atoms with Crippen molar-refractivity contribution in [3.05, 3.63) is 35.9 Å². The number of aldehydes is 1. The highest BCUT2D eigenvalue weighted by Crippen LogP contribution is 2.23. The van der Waals surface area contributed by atoms with E-state index in [1.165, 1.54) is 18.2 Å². The van der Waals surface area contributed by atoms with E-state index in [1.807, 2.05) is 0 Å². The van der Waals surface area contributed by atoms with Crippen LogP contribution in [0.1, 0.15) is 12.0 Å². The molecule has 0 aromatic heterocycles. The van der Waals surface area contributed by atoms with Crippen molar-refractivity contribution < 1.29 is 22.7 Å². The molecule has 0 atom stereocenters. The first-order valence-corrected chi connectivity index (χ1v) is 4.47. The van der Waals surface area contributed by atoms with Gasteiger partial charge in [-0.3, -0.25) is 0 Å². The van der Waals surface area contributed by atoms with E-state index in [2.05, 4.69) is 4.74 Å². The Morgan fingerprint density at radius 1 is 1.31 bits per heavy atom. The van der Waals surface area contributed by atoms with Gasteiger partial charge in [0.15, 0.2) is 0 Å². The number of alkyl halides is 3. The Hall–Kier alpha value is -1.78. The number of allylic oxidation sites excluding steroid dienone is 1. The van der Waals surface area contributed by atoms with E-state index < -0.39 is 6.36 Å². The molecule has 1 rings (SSSR count). The lowest BCUT2D eigenvalue weighted by molar-refractivity contribution is -0.274. The second kappa shape index (κ2) is 5.34. The van der Waals surface area contributed by atoms with Gasteiger partial charge in [-0.1, -0.05) is 24.3 Å². The van der Waals surface area contributed by atoms with Crippen LogP contribution < -0.4 is 4.74 Å². The summed E-state index contributed by atoms with van der Waals surface area (Å²) in [5.41, 5.74) is 0.545. The lowest BCUT2D eigenvalue weighted by Gasteiger charge is -2.08. The summed E-state index contributed by atoms with van der Waals surface area (Å²) >= 11 is 0. The molecule has 16 heavy (non-hydrogen) atoms. The van der Waals surface area contributed by atoms with Gasteiger partial charge in [0.25, 0.3) is 0 Å². The van der Waals surface area contributed by atoms with Crippen molar-refractivity contribution in [2.45, 2.75) is 12.8 Å². The molecule has 0 aliphatic carbocycles. The van der Waals surface area contributed by atoms with Gasteiger partial charge in [0, 0.05) is 6.42 Å². The second-order valence-corrected chi connectivity index (χ2v) is 2.93. The van der Waals surface area contributed by atoms with Crippen LogP contribution in [0.25, 0.3) is 6.08 Å². The van der Waals surface area contributed by atoms with Gasteiger partial charge in [-0.15, -0.1) is 13.2 Å². The maximum absolute atomic E-state index is 11.9. The summed E-state index contributed by atoms with van der Waals surface area (Å²) in [7, 11) is 0. The number of carbonyl (C=O) groups is 1. The van der Waals surface area contributed by atoms with Crippen LogP contribution in [-0.2, 0) is 4.79 Å². The first-order chi connectivity index (χ1) is 7.51. The second-order valence-electron chi connectivity index (χ2n) is 2.93. The fourth-order valence-electron chi connectivity index (χ4n) is 1.08. The fraction of sp³-hybridized carbons (Fsp3) is 0.182. The first-order valence-electron chi connectivity index (χ1n) is 4.47. The van der Waals surface area contributed by atoms with Gasteiger partial charge in [0.2, 0.25) is 0 Å². The third kappa shape index (κ3) is 4.63. The standard InChI is InChI=1S/C11H9F3O2/c12-11(13,14)16-10-6-3-5-9(8-10)4-1-2-7-15/h1,3-8H,2H2/b4-1+. The first kappa shape index (κ1) is 12.3. The normalized spacial score (nSPS) is 11.7. The van der Waals surface area contributed by atoms with Crippen LogP contribution in [-0.4, -0.2) is 12.6 Å². The van der Waals surface area contributed by atoms with Crippen LogP contribution in [0.3, 0.4) is 0 Å². The van der Waals surface area contributed by atoms with Gasteiger partial charge in [0.05, 0.1) is 0 Å². The number of benzene rings is 1. The van der Waals surface area contributed by atoms with E-state index in [0.29, 0.717) is 11.8 Å². The van der Waals surface area contributed by atoms with Crippen molar-refractivity contribution in [1.82, 2.24) is 0 Å². The van der Waals surface area contributed by atoms with Crippen LogP contribution >= 0.6 is 0 Å². The summed E-state index contributed by atoms with van der Waals surface area (Å²) in [6.45, 7) is 0. The molecule has 86 valence electrons. The predicted octanol–water partition coefficient (Wildman–Crippen LogP) is 3.19. The Kier molecular flexibility index (Phi) is 4.10. The summed E-state index contributed by atoms with van der Waals surface area (Å²) in [5, 5.41) is 0. The average molecular weight is 230 g/mol. The molecule has 0 radical (unpaired) electrons. The summed E-state index contributed by atoms with van der Waals surface area (Å²) in [6, 6.07) is 5.52. The van der Waals surface area contributed by atoms with Gasteiger partial charge >= 0.3 is 6.36 Å². The van der Waals surface area contributed by atoms with Crippen molar-refractivity contribution in [3.8, 4) is 5.75 Å². The quantitative estimate of drug-likeness (QED) is 0.742. The van der Waals surface area contributed by atoms with Crippen molar-refractivity contribution >= 4 is 12.4 Å². The fourth-order valence-corrected chi connectivity index (χ4v) is 1.08. The molecule has 0 fully saturated rings. The summed E-state index contributed by atoms with van der Waals surface area (Å²) in [4.78, 5) is 10.0. The van der Waals surface area contributed by atoms with Crippen LogP contribution in [0.15, 0.2) is 30.3 Å². The Bertz CT molecular complexity index is 383. The van der Waals surface area contributed by atoms with Gasteiger partial charge in [-0.25, -0.2) is 0 Å². The monoisotopic (exact) mass is 230 g/mol. The van der Waals surface area contributed by atoms with Crippen LogP contribution in [0.4, 0.5) is 13.2 Å². The molecule has 0 saturated heterocycles. The highest BCUT2D eigenvalue weighted by molar-refractivity contribution is 5.58. The molecule has 1 aromatic carbocycles. The summed E-state index contributed by atoms with van der Waals surface area (Å²) < 4.78 is 39.4. The number of hydrogen-bond acceptors (Lipinski definition) is 2.